The molecule has 1 heterocycles. The third-order valence-electron chi connectivity index (χ3n) is 2.89. The molecule has 3 heteroatoms. The minimum atomic E-state index is 0.166. The van der Waals surface area contributed by atoms with Crippen LogP contribution in [0.3, 0.4) is 0 Å². The van der Waals surface area contributed by atoms with E-state index < -0.39 is 0 Å². The molecule has 0 fully saturated rings. The monoisotopic (exact) mass is 247 g/mol. The van der Waals surface area contributed by atoms with E-state index in [0.29, 0.717) is 11.4 Å². The van der Waals surface area contributed by atoms with E-state index in [1.165, 1.54) is 0 Å². The van der Waals surface area contributed by atoms with Crippen molar-refractivity contribution in [2.24, 2.45) is 0 Å². The number of aromatic amines is 1. The average Bonchev–Trinajstić information content (AvgIpc) is 2.71. The van der Waals surface area contributed by atoms with Crippen LogP contribution in [0, 0.1) is 6.92 Å². The molecule has 1 aromatic heterocycles. The van der Waals surface area contributed by atoms with Gasteiger partial charge in [0.25, 0.3) is 0 Å². The highest BCUT2D eigenvalue weighted by Crippen LogP contribution is 2.26. The molecule has 0 aliphatic carbocycles. The predicted octanol–water partition coefficient (Wildman–Crippen LogP) is 4.24. The molecular formula is C14H14ClNO. The van der Waals surface area contributed by atoms with E-state index in [9.17, 15) is 4.79 Å². The molecule has 0 aliphatic rings. The van der Waals surface area contributed by atoms with Crippen LogP contribution in [-0.4, -0.2) is 10.8 Å². The van der Waals surface area contributed by atoms with E-state index in [0.717, 1.165) is 22.4 Å². The lowest BCUT2D eigenvalue weighted by Gasteiger charge is -2.02. The summed E-state index contributed by atoms with van der Waals surface area (Å²) in [7, 11) is 0. The summed E-state index contributed by atoms with van der Waals surface area (Å²) in [6, 6.07) is 7.58. The van der Waals surface area contributed by atoms with Gasteiger partial charge < -0.3 is 4.98 Å². The van der Waals surface area contributed by atoms with E-state index in [4.69, 9.17) is 11.6 Å². The lowest BCUT2D eigenvalue weighted by atomic mass is 10.0. The topological polar surface area (TPSA) is 32.9 Å². The van der Waals surface area contributed by atoms with Crippen LogP contribution in [0.2, 0.25) is 5.02 Å². The maximum absolute atomic E-state index is 11.7. The van der Waals surface area contributed by atoms with Crippen LogP contribution in [0.4, 0.5) is 0 Å². The van der Waals surface area contributed by atoms with Crippen LogP contribution in [0.25, 0.3) is 11.3 Å². The van der Waals surface area contributed by atoms with E-state index >= 15 is 0 Å². The lowest BCUT2D eigenvalue weighted by molar-refractivity contribution is 0.0988. The molecule has 2 aromatic rings. The minimum absolute atomic E-state index is 0.166. The fraction of sp³-hybridized carbons (Fsp3) is 0.214. The molecule has 0 amide bonds. The molecule has 0 atom stereocenters. The zero-order valence-corrected chi connectivity index (χ0v) is 10.6. The zero-order chi connectivity index (χ0) is 12.4. The van der Waals surface area contributed by atoms with E-state index in [-0.39, 0.29) is 5.78 Å². The van der Waals surface area contributed by atoms with Gasteiger partial charge in [0.15, 0.2) is 5.78 Å². The Hall–Kier alpha value is -1.54. The Labute approximate surface area is 106 Å². The first-order valence-corrected chi connectivity index (χ1v) is 5.98. The SMILES string of the molecule is CCC(=O)c1c[nH]c(-c2ccc(Cl)cc2)c1C. The number of carbonyl (C=O) groups is 1. The second-order valence-electron chi connectivity index (χ2n) is 3.99. The van der Waals surface area contributed by atoms with E-state index in [1.807, 2.05) is 38.1 Å². The normalized spacial score (nSPS) is 10.5. The first kappa shape index (κ1) is 11.9. The molecule has 17 heavy (non-hydrogen) atoms. The Kier molecular flexibility index (Phi) is 3.34. The Morgan fingerprint density at radius 2 is 1.94 bits per heavy atom. The van der Waals surface area contributed by atoms with Crippen LogP contribution < -0.4 is 0 Å². The molecule has 1 aromatic carbocycles. The van der Waals surface area contributed by atoms with Crippen molar-refractivity contribution in [3.05, 3.63) is 46.6 Å². The van der Waals surface area contributed by atoms with Crippen molar-refractivity contribution in [2.75, 3.05) is 0 Å². The number of rotatable bonds is 3. The number of carbonyl (C=O) groups excluding carboxylic acids is 1. The van der Waals surface area contributed by atoms with Gasteiger partial charge in [0.05, 0.1) is 0 Å². The van der Waals surface area contributed by atoms with Crippen molar-refractivity contribution < 1.29 is 4.79 Å². The summed E-state index contributed by atoms with van der Waals surface area (Å²) in [4.78, 5) is 14.9. The molecule has 0 aliphatic heterocycles. The van der Waals surface area contributed by atoms with Crippen LogP contribution in [-0.2, 0) is 0 Å². The molecule has 88 valence electrons. The maximum Gasteiger partial charge on any atom is 0.164 e. The summed E-state index contributed by atoms with van der Waals surface area (Å²) in [5.74, 6) is 0.166. The largest absolute Gasteiger partial charge is 0.360 e. The third-order valence-corrected chi connectivity index (χ3v) is 3.15. The number of halogens is 1. The Morgan fingerprint density at radius 1 is 1.29 bits per heavy atom. The van der Waals surface area contributed by atoms with Crippen LogP contribution in [0.1, 0.15) is 29.3 Å². The Morgan fingerprint density at radius 3 is 2.53 bits per heavy atom. The maximum atomic E-state index is 11.7. The van der Waals surface area contributed by atoms with Crippen molar-refractivity contribution >= 4 is 17.4 Å². The average molecular weight is 248 g/mol. The lowest BCUT2D eigenvalue weighted by Crippen LogP contribution is -1.96. The van der Waals surface area contributed by atoms with Gasteiger partial charge in [0.1, 0.15) is 0 Å². The predicted molar refractivity (Wildman–Crippen MR) is 70.6 cm³/mol. The van der Waals surface area contributed by atoms with Gasteiger partial charge >= 0.3 is 0 Å². The molecule has 2 rings (SSSR count). The molecule has 0 saturated carbocycles. The smallest absolute Gasteiger partial charge is 0.164 e. The number of hydrogen-bond acceptors (Lipinski definition) is 1. The van der Waals surface area contributed by atoms with Gasteiger partial charge in [-0.25, -0.2) is 0 Å². The number of benzene rings is 1. The number of ketones is 1. The summed E-state index contributed by atoms with van der Waals surface area (Å²) in [6.07, 6.45) is 2.31. The molecule has 0 radical (unpaired) electrons. The summed E-state index contributed by atoms with van der Waals surface area (Å²) < 4.78 is 0. The number of Topliss-reactive ketones (excluding diaryl/α,β-unsaturated/α-hetero) is 1. The van der Waals surface area contributed by atoms with Gasteiger partial charge in [0.2, 0.25) is 0 Å². The number of nitrogens with one attached hydrogen (secondary N) is 1. The van der Waals surface area contributed by atoms with E-state index in [1.54, 1.807) is 6.20 Å². The zero-order valence-electron chi connectivity index (χ0n) is 9.88. The van der Waals surface area contributed by atoms with Gasteiger partial charge in [0, 0.05) is 28.9 Å². The van der Waals surface area contributed by atoms with E-state index in [2.05, 4.69) is 4.98 Å². The highest BCUT2D eigenvalue weighted by Gasteiger charge is 2.13. The summed E-state index contributed by atoms with van der Waals surface area (Å²) in [5.41, 5.74) is 3.80. The molecule has 0 saturated heterocycles. The first-order valence-electron chi connectivity index (χ1n) is 5.60. The second kappa shape index (κ2) is 4.76. The van der Waals surface area contributed by atoms with Gasteiger partial charge in [-0.1, -0.05) is 30.7 Å². The van der Waals surface area contributed by atoms with Crippen LogP contribution >= 0.6 is 11.6 Å². The van der Waals surface area contributed by atoms with Crippen molar-refractivity contribution in [1.29, 1.82) is 0 Å². The number of hydrogen-bond donors (Lipinski definition) is 1. The molecule has 0 bridgehead atoms. The van der Waals surface area contributed by atoms with Gasteiger partial charge in [-0.05, 0) is 30.2 Å². The Bertz CT molecular complexity index is 540. The number of H-pyrrole nitrogens is 1. The molecule has 0 spiro atoms. The third kappa shape index (κ3) is 2.27. The van der Waals surface area contributed by atoms with Crippen LogP contribution in [0.5, 0.6) is 0 Å². The second-order valence-corrected chi connectivity index (χ2v) is 4.42. The quantitative estimate of drug-likeness (QED) is 0.809. The van der Waals surface area contributed by atoms with Gasteiger partial charge in [-0.3, -0.25) is 4.79 Å². The van der Waals surface area contributed by atoms with Crippen molar-refractivity contribution in [3.8, 4) is 11.3 Å². The van der Waals surface area contributed by atoms with Crippen molar-refractivity contribution in [1.82, 2.24) is 4.98 Å². The van der Waals surface area contributed by atoms with Crippen molar-refractivity contribution in [3.63, 3.8) is 0 Å². The molecule has 2 nitrogen and oxygen atoms in total. The number of aromatic nitrogens is 1. The fourth-order valence-electron chi connectivity index (χ4n) is 1.89. The molecule has 1 N–H and O–H groups in total. The fourth-order valence-corrected chi connectivity index (χ4v) is 2.02. The molecular weight excluding hydrogens is 234 g/mol. The summed E-state index contributed by atoms with van der Waals surface area (Å²) >= 11 is 5.85. The van der Waals surface area contributed by atoms with Crippen LogP contribution in [0.15, 0.2) is 30.5 Å². The highest BCUT2D eigenvalue weighted by molar-refractivity contribution is 6.30. The van der Waals surface area contributed by atoms with Gasteiger partial charge in [-0.15, -0.1) is 0 Å². The summed E-state index contributed by atoms with van der Waals surface area (Å²) in [6.45, 7) is 3.83. The standard InChI is InChI=1S/C14H14ClNO/c1-3-13(17)12-8-16-14(9(12)2)10-4-6-11(15)7-5-10/h4-8,16H,3H2,1-2H3. The van der Waals surface area contributed by atoms with Gasteiger partial charge in [-0.2, -0.15) is 0 Å². The van der Waals surface area contributed by atoms with Crippen molar-refractivity contribution in [2.45, 2.75) is 20.3 Å². The summed E-state index contributed by atoms with van der Waals surface area (Å²) in [5, 5.41) is 0.711. The Balaban J connectivity index is 2.44. The first-order chi connectivity index (χ1) is 8.13. The minimum Gasteiger partial charge on any atom is -0.360 e. The highest BCUT2D eigenvalue weighted by atomic mass is 35.5. The molecule has 0 unspecified atom stereocenters.